The molecule has 1 N–H and O–H groups in total. The average molecular weight is 299 g/mol. The van der Waals surface area contributed by atoms with Crippen molar-refractivity contribution in [2.45, 2.75) is 32.3 Å². The van der Waals surface area contributed by atoms with Gasteiger partial charge in [-0.15, -0.1) is 0 Å². The summed E-state index contributed by atoms with van der Waals surface area (Å²) in [5.41, 5.74) is 0.994. The van der Waals surface area contributed by atoms with Crippen LogP contribution in [0.2, 0.25) is 0 Å². The molecule has 0 saturated carbocycles. The number of nitrogens with one attached hydrogen (secondary N) is 1. The number of hydrogen-bond acceptors (Lipinski definition) is 3. The summed E-state index contributed by atoms with van der Waals surface area (Å²) in [5, 5.41) is 2.85. The van der Waals surface area contributed by atoms with Crippen molar-refractivity contribution in [2.24, 2.45) is 0 Å². The number of amides is 1. The summed E-state index contributed by atoms with van der Waals surface area (Å²) >= 11 is 3.32. The van der Waals surface area contributed by atoms with Crippen LogP contribution in [0.4, 0.5) is 5.69 Å². The van der Waals surface area contributed by atoms with E-state index in [2.05, 4.69) is 26.2 Å². The van der Waals surface area contributed by atoms with Crippen LogP contribution in [0, 0.1) is 6.92 Å². The molecule has 4 nitrogen and oxygen atoms in total. The van der Waals surface area contributed by atoms with E-state index in [4.69, 9.17) is 4.74 Å². The van der Waals surface area contributed by atoms with Crippen molar-refractivity contribution < 1.29 is 9.53 Å². The van der Waals surface area contributed by atoms with Crippen LogP contribution in [0.1, 0.15) is 25.3 Å². The van der Waals surface area contributed by atoms with Gasteiger partial charge >= 0.3 is 0 Å². The molecule has 1 aliphatic rings. The molecule has 2 rings (SSSR count). The lowest BCUT2D eigenvalue weighted by atomic mass is 10.0. The number of aromatic nitrogens is 1. The lowest BCUT2D eigenvalue weighted by molar-refractivity contribution is -0.133. The summed E-state index contributed by atoms with van der Waals surface area (Å²) in [5.74, 6) is -0.0986. The van der Waals surface area contributed by atoms with Crippen molar-refractivity contribution >= 4 is 27.5 Å². The molecule has 1 aromatic rings. The maximum atomic E-state index is 12.1. The van der Waals surface area contributed by atoms with Crippen LogP contribution >= 0.6 is 15.9 Å². The van der Waals surface area contributed by atoms with Gasteiger partial charge in [0.1, 0.15) is 10.2 Å². The van der Waals surface area contributed by atoms with Crippen LogP contribution in [-0.4, -0.2) is 23.1 Å². The Morgan fingerprint density at radius 1 is 1.65 bits per heavy atom. The summed E-state index contributed by atoms with van der Waals surface area (Å²) in [4.78, 5) is 16.2. The molecule has 0 spiro atoms. The fourth-order valence-corrected chi connectivity index (χ4v) is 2.06. The van der Waals surface area contributed by atoms with Crippen molar-refractivity contribution in [1.29, 1.82) is 0 Å². The first-order valence-corrected chi connectivity index (χ1v) is 6.38. The van der Waals surface area contributed by atoms with Crippen LogP contribution in [0.15, 0.2) is 16.9 Å². The van der Waals surface area contributed by atoms with Crippen molar-refractivity contribution in [3.05, 3.63) is 22.4 Å². The molecule has 1 unspecified atom stereocenters. The number of pyridine rings is 1. The number of hydrogen-bond donors (Lipinski definition) is 1. The van der Waals surface area contributed by atoms with Crippen LogP contribution in [0.25, 0.3) is 0 Å². The Kier molecular flexibility index (Phi) is 3.49. The van der Waals surface area contributed by atoms with Crippen molar-refractivity contribution in [3.8, 4) is 0 Å². The van der Waals surface area contributed by atoms with E-state index in [1.807, 2.05) is 19.9 Å². The van der Waals surface area contributed by atoms with E-state index in [1.165, 1.54) is 0 Å². The Hall–Kier alpha value is -0.940. The fourth-order valence-electron chi connectivity index (χ4n) is 1.85. The summed E-state index contributed by atoms with van der Waals surface area (Å²) in [6.07, 6.45) is 3.33. The van der Waals surface area contributed by atoms with Gasteiger partial charge in [0, 0.05) is 6.61 Å². The molecule has 0 aromatic carbocycles. The highest BCUT2D eigenvalue weighted by atomic mass is 79.9. The monoisotopic (exact) mass is 298 g/mol. The molecule has 1 aliphatic heterocycles. The van der Waals surface area contributed by atoms with E-state index in [1.54, 1.807) is 6.20 Å². The van der Waals surface area contributed by atoms with Gasteiger partial charge in [-0.3, -0.25) is 4.79 Å². The Morgan fingerprint density at radius 2 is 2.41 bits per heavy atom. The van der Waals surface area contributed by atoms with Gasteiger partial charge in [-0.1, -0.05) is 0 Å². The van der Waals surface area contributed by atoms with Crippen molar-refractivity contribution in [2.75, 3.05) is 11.9 Å². The highest BCUT2D eigenvalue weighted by Gasteiger charge is 2.37. The smallest absolute Gasteiger partial charge is 0.256 e. The number of anilines is 1. The number of aryl methyl sites for hydroxylation is 1. The van der Waals surface area contributed by atoms with E-state index < -0.39 is 5.60 Å². The zero-order valence-electron chi connectivity index (χ0n) is 9.92. The summed E-state index contributed by atoms with van der Waals surface area (Å²) in [6.45, 7) is 4.41. The second-order valence-corrected chi connectivity index (χ2v) is 5.22. The molecule has 1 amide bonds. The van der Waals surface area contributed by atoms with Gasteiger partial charge in [0.2, 0.25) is 0 Å². The van der Waals surface area contributed by atoms with Gasteiger partial charge in [-0.2, -0.15) is 0 Å². The van der Waals surface area contributed by atoms with E-state index in [0.717, 1.165) is 23.0 Å². The molecular formula is C12H15BrN2O2. The second-order valence-electron chi connectivity index (χ2n) is 4.47. The highest BCUT2D eigenvalue weighted by molar-refractivity contribution is 9.10. The third-order valence-electron chi connectivity index (χ3n) is 2.97. The normalized spacial score (nSPS) is 23.7. The fraction of sp³-hybridized carbons (Fsp3) is 0.500. The quantitative estimate of drug-likeness (QED) is 0.854. The molecule has 1 atom stereocenters. The number of nitrogens with zero attached hydrogens (tertiary/aromatic N) is 1. The van der Waals surface area contributed by atoms with E-state index in [9.17, 15) is 4.79 Å². The van der Waals surface area contributed by atoms with Gasteiger partial charge in [0.15, 0.2) is 0 Å². The summed E-state index contributed by atoms with van der Waals surface area (Å²) in [6, 6.07) is 1.88. The standard InChI is InChI=1S/C12H15BrN2O2/c1-8-6-9(7-14-10(8)13)15-11(16)12(2)4-3-5-17-12/h6-7H,3-5H2,1-2H3,(H,15,16). The van der Waals surface area contributed by atoms with E-state index in [-0.39, 0.29) is 5.91 Å². The second kappa shape index (κ2) is 4.74. The number of halogens is 1. The first-order chi connectivity index (χ1) is 8.01. The van der Waals surface area contributed by atoms with Crippen LogP contribution in [0.5, 0.6) is 0 Å². The SMILES string of the molecule is Cc1cc(NC(=O)C2(C)CCCO2)cnc1Br. The molecule has 2 heterocycles. The molecular weight excluding hydrogens is 284 g/mol. The predicted octanol–water partition coefficient (Wildman–Crippen LogP) is 2.66. The Morgan fingerprint density at radius 3 is 3.00 bits per heavy atom. The van der Waals surface area contributed by atoms with Gasteiger partial charge in [-0.05, 0) is 54.2 Å². The molecule has 1 aromatic heterocycles. The molecule has 0 radical (unpaired) electrons. The highest BCUT2D eigenvalue weighted by Crippen LogP contribution is 2.27. The molecule has 5 heteroatoms. The van der Waals surface area contributed by atoms with E-state index >= 15 is 0 Å². The van der Waals surface area contributed by atoms with Crippen molar-refractivity contribution in [3.63, 3.8) is 0 Å². The minimum absolute atomic E-state index is 0.0986. The Bertz CT molecular complexity index is 442. The summed E-state index contributed by atoms with van der Waals surface area (Å²) < 4.78 is 6.28. The van der Waals surface area contributed by atoms with Crippen LogP contribution in [-0.2, 0) is 9.53 Å². The molecule has 0 aliphatic carbocycles. The number of carbonyl (C=O) groups is 1. The van der Waals surface area contributed by atoms with Crippen LogP contribution in [0.3, 0.4) is 0 Å². The van der Waals surface area contributed by atoms with E-state index in [0.29, 0.717) is 12.3 Å². The largest absolute Gasteiger partial charge is 0.365 e. The Balaban J connectivity index is 2.10. The van der Waals surface area contributed by atoms with Crippen molar-refractivity contribution in [1.82, 2.24) is 4.98 Å². The van der Waals surface area contributed by atoms with Gasteiger partial charge in [0.05, 0.1) is 11.9 Å². The first kappa shape index (κ1) is 12.5. The van der Waals surface area contributed by atoms with Crippen LogP contribution < -0.4 is 5.32 Å². The molecule has 17 heavy (non-hydrogen) atoms. The zero-order valence-corrected chi connectivity index (χ0v) is 11.5. The third-order valence-corrected chi connectivity index (χ3v) is 3.80. The lowest BCUT2D eigenvalue weighted by Gasteiger charge is -2.21. The first-order valence-electron chi connectivity index (χ1n) is 5.59. The number of ether oxygens (including phenoxy) is 1. The van der Waals surface area contributed by atoms with Gasteiger partial charge in [0.25, 0.3) is 5.91 Å². The average Bonchev–Trinajstić information content (AvgIpc) is 2.72. The maximum Gasteiger partial charge on any atom is 0.256 e. The molecule has 92 valence electrons. The third kappa shape index (κ3) is 2.66. The maximum absolute atomic E-state index is 12.1. The zero-order chi connectivity index (χ0) is 12.5. The lowest BCUT2D eigenvalue weighted by Crippen LogP contribution is -2.39. The number of carbonyl (C=O) groups excluding carboxylic acids is 1. The minimum atomic E-state index is -0.693. The molecule has 0 bridgehead atoms. The molecule has 1 saturated heterocycles. The molecule has 1 fully saturated rings. The Labute approximate surface area is 109 Å². The minimum Gasteiger partial charge on any atom is -0.365 e. The summed E-state index contributed by atoms with van der Waals surface area (Å²) in [7, 11) is 0. The van der Waals surface area contributed by atoms with Gasteiger partial charge < -0.3 is 10.1 Å². The topological polar surface area (TPSA) is 51.2 Å². The predicted molar refractivity (Wildman–Crippen MR) is 68.9 cm³/mol. The number of rotatable bonds is 2. The van der Waals surface area contributed by atoms with Gasteiger partial charge in [-0.25, -0.2) is 4.98 Å².